The molecule has 0 radical (unpaired) electrons. The Hall–Kier alpha value is -2.99. The zero-order chi connectivity index (χ0) is 26.1. The van der Waals surface area contributed by atoms with Crippen LogP contribution in [-0.4, -0.2) is 66.6 Å². The molecule has 1 aromatic carbocycles. The molecule has 1 aromatic heterocycles. The van der Waals surface area contributed by atoms with Crippen molar-refractivity contribution < 1.29 is 0 Å². The van der Waals surface area contributed by atoms with Gasteiger partial charge in [0.25, 0.3) is 0 Å². The summed E-state index contributed by atoms with van der Waals surface area (Å²) in [6, 6.07) is 12.0. The average Bonchev–Trinajstić information content (AvgIpc) is 3.69. The van der Waals surface area contributed by atoms with Gasteiger partial charge in [0.2, 0.25) is 0 Å². The number of pyridine rings is 1. The summed E-state index contributed by atoms with van der Waals surface area (Å²) in [5.74, 6) is 1.88. The third kappa shape index (κ3) is 5.03. The number of nitrogens with zero attached hydrogens (tertiary/aromatic N) is 4. The first-order valence-electron chi connectivity index (χ1n) is 14.9. The fourth-order valence-electron chi connectivity index (χ4n) is 6.63. The molecule has 0 bridgehead atoms. The molecule has 2 N–H and O–H groups in total. The van der Waals surface area contributed by atoms with Gasteiger partial charge in [0.15, 0.2) is 0 Å². The summed E-state index contributed by atoms with van der Waals surface area (Å²) < 4.78 is 0. The number of piperazine rings is 1. The van der Waals surface area contributed by atoms with Crippen molar-refractivity contribution in [1.29, 1.82) is 0 Å². The van der Waals surface area contributed by atoms with Crippen LogP contribution in [0.3, 0.4) is 0 Å². The molecule has 3 atom stereocenters. The van der Waals surface area contributed by atoms with Crippen LogP contribution in [-0.2, 0) is 6.42 Å². The molecular formula is C32H44N6. The van der Waals surface area contributed by atoms with Gasteiger partial charge in [-0.1, -0.05) is 45.0 Å². The Labute approximate surface area is 228 Å². The molecule has 0 saturated carbocycles. The molecule has 5 heterocycles. The molecule has 4 aliphatic rings. The lowest BCUT2D eigenvalue weighted by Gasteiger charge is -2.39. The van der Waals surface area contributed by atoms with E-state index in [0.717, 1.165) is 64.0 Å². The van der Waals surface area contributed by atoms with Crippen LogP contribution in [0.4, 0.5) is 11.5 Å². The second-order valence-corrected chi connectivity index (χ2v) is 11.5. The van der Waals surface area contributed by atoms with Gasteiger partial charge < -0.3 is 25.3 Å². The minimum atomic E-state index is 0.130. The number of aromatic nitrogens is 1. The van der Waals surface area contributed by atoms with Crippen LogP contribution in [0.5, 0.6) is 0 Å². The van der Waals surface area contributed by atoms with Gasteiger partial charge in [0.1, 0.15) is 5.82 Å². The van der Waals surface area contributed by atoms with E-state index in [1.807, 2.05) is 0 Å². The molecule has 3 saturated heterocycles. The largest absolute Gasteiger partial charge is 0.374 e. The highest BCUT2D eigenvalue weighted by Crippen LogP contribution is 2.40. The van der Waals surface area contributed by atoms with Gasteiger partial charge in [0.05, 0.1) is 6.04 Å². The zero-order valence-electron chi connectivity index (χ0n) is 23.3. The van der Waals surface area contributed by atoms with Crippen molar-refractivity contribution in [3.05, 3.63) is 71.6 Å². The summed E-state index contributed by atoms with van der Waals surface area (Å²) in [6.07, 6.45) is 10.6. The van der Waals surface area contributed by atoms with Crippen molar-refractivity contribution in [2.24, 2.45) is 5.92 Å². The number of aryl methyl sites for hydroxylation is 1. The van der Waals surface area contributed by atoms with Crippen LogP contribution >= 0.6 is 0 Å². The number of benzene rings is 1. The predicted octanol–water partition coefficient (Wildman–Crippen LogP) is 5.27. The van der Waals surface area contributed by atoms with Crippen LogP contribution in [0.2, 0.25) is 0 Å². The van der Waals surface area contributed by atoms with Crippen LogP contribution in [0.15, 0.2) is 54.9 Å². The van der Waals surface area contributed by atoms with E-state index >= 15 is 0 Å². The lowest BCUT2D eigenvalue weighted by molar-refractivity contribution is 0.297. The fourth-order valence-corrected chi connectivity index (χ4v) is 6.63. The lowest BCUT2D eigenvalue weighted by atomic mass is 9.95. The molecule has 6 nitrogen and oxygen atoms in total. The van der Waals surface area contributed by atoms with Crippen LogP contribution in [0, 0.1) is 5.92 Å². The summed E-state index contributed by atoms with van der Waals surface area (Å²) in [5, 5.41) is 7.42. The molecule has 0 spiro atoms. The second kappa shape index (κ2) is 11.0. The molecule has 3 fully saturated rings. The number of nitrogens with one attached hydrogen (secondary N) is 2. The Morgan fingerprint density at radius 3 is 2.58 bits per heavy atom. The van der Waals surface area contributed by atoms with Crippen LogP contribution in [0.25, 0.3) is 5.70 Å². The third-order valence-electron chi connectivity index (χ3n) is 9.21. The summed E-state index contributed by atoms with van der Waals surface area (Å²) >= 11 is 0. The molecule has 38 heavy (non-hydrogen) atoms. The highest BCUT2D eigenvalue weighted by atomic mass is 15.3. The summed E-state index contributed by atoms with van der Waals surface area (Å²) in [5.41, 5.74) is 7.86. The van der Waals surface area contributed by atoms with E-state index in [-0.39, 0.29) is 6.04 Å². The molecule has 0 aliphatic carbocycles. The van der Waals surface area contributed by atoms with E-state index in [4.69, 9.17) is 4.98 Å². The Balaban J connectivity index is 1.17. The molecule has 6 heteroatoms. The van der Waals surface area contributed by atoms with E-state index < -0.39 is 0 Å². The monoisotopic (exact) mass is 512 g/mol. The molecule has 2 aromatic rings. The maximum atomic E-state index is 4.95. The summed E-state index contributed by atoms with van der Waals surface area (Å²) in [6.45, 7) is 16.4. The average molecular weight is 513 g/mol. The van der Waals surface area contributed by atoms with Gasteiger partial charge in [-0.3, -0.25) is 0 Å². The third-order valence-corrected chi connectivity index (χ3v) is 9.21. The van der Waals surface area contributed by atoms with E-state index in [1.165, 1.54) is 59.5 Å². The van der Waals surface area contributed by atoms with E-state index in [1.54, 1.807) is 0 Å². The minimum Gasteiger partial charge on any atom is -0.374 e. The van der Waals surface area contributed by atoms with Crippen molar-refractivity contribution in [1.82, 2.24) is 20.1 Å². The highest BCUT2D eigenvalue weighted by molar-refractivity contribution is 5.80. The molecule has 6 rings (SSSR count). The zero-order valence-corrected chi connectivity index (χ0v) is 23.3. The number of rotatable bonds is 7. The molecule has 4 aliphatic heterocycles. The molecule has 3 unspecified atom stereocenters. The number of hydrogen-bond acceptors (Lipinski definition) is 6. The Morgan fingerprint density at radius 1 is 1.03 bits per heavy atom. The number of fused-ring (bicyclic) bond motifs is 1. The Bertz CT molecular complexity index is 1160. The predicted molar refractivity (Wildman–Crippen MR) is 158 cm³/mol. The maximum Gasteiger partial charge on any atom is 0.128 e. The van der Waals surface area contributed by atoms with Gasteiger partial charge in [-0.25, -0.2) is 4.98 Å². The summed E-state index contributed by atoms with van der Waals surface area (Å²) in [7, 11) is 0. The van der Waals surface area contributed by atoms with Crippen LogP contribution in [0.1, 0.15) is 62.3 Å². The first kappa shape index (κ1) is 25.3. The maximum absolute atomic E-state index is 4.95. The van der Waals surface area contributed by atoms with E-state index in [9.17, 15) is 0 Å². The van der Waals surface area contributed by atoms with Crippen molar-refractivity contribution in [3.63, 3.8) is 0 Å². The normalized spacial score (nSPS) is 25.3. The van der Waals surface area contributed by atoms with E-state index in [2.05, 4.69) is 88.4 Å². The van der Waals surface area contributed by atoms with Crippen molar-refractivity contribution in [3.8, 4) is 0 Å². The van der Waals surface area contributed by atoms with Gasteiger partial charge in [-0.15, -0.1) is 0 Å². The summed E-state index contributed by atoms with van der Waals surface area (Å²) in [4.78, 5) is 12.5. The van der Waals surface area contributed by atoms with Crippen molar-refractivity contribution in [2.75, 3.05) is 56.0 Å². The number of hydrogen-bond donors (Lipinski definition) is 2. The van der Waals surface area contributed by atoms with Gasteiger partial charge in [-0.05, 0) is 67.5 Å². The minimum absolute atomic E-state index is 0.130. The van der Waals surface area contributed by atoms with E-state index in [0.29, 0.717) is 6.04 Å². The first-order chi connectivity index (χ1) is 18.6. The van der Waals surface area contributed by atoms with Crippen LogP contribution < -0.4 is 15.5 Å². The van der Waals surface area contributed by atoms with Crippen molar-refractivity contribution >= 4 is 17.2 Å². The fraction of sp³-hybridized carbons (Fsp3) is 0.531. The smallest absolute Gasteiger partial charge is 0.128 e. The quantitative estimate of drug-likeness (QED) is 0.527. The van der Waals surface area contributed by atoms with Crippen molar-refractivity contribution in [2.45, 2.75) is 58.0 Å². The highest BCUT2D eigenvalue weighted by Gasteiger charge is 2.29. The number of likely N-dealkylation sites (tertiary alicyclic amines) is 1. The van der Waals surface area contributed by atoms with Gasteiger partial charge in [0, 0.05) is 74.2 Å². The molecular weight excluding hydrogens is 468 g/mol. The first-order valence-corrected chi connectivity index (χ1v) is 14.9. The van der Waals surface area contributed by atoms with Gasteiger partial charge >= 0.3 is 0 Å². The Morgan fingerprint density at radius 2 is 1.89 bits per heavy atom. The SMILES string of the molecule is C=C(C1CCCN1)N1CCN(c2ccc(C3C=C(N4CCC(CC)C4)c4ccc(CC)cc4N3)cn2)CC1. The molecule has 0 amide bonds. The lowest BCUT2D eigenvalue weighted by Crippen LogP contribution is -2.48. The topological polar surface area (TPSA) is 46.7 Å². The van der Waals surface area contributed by atoms with Gasteiger partial charge in [-0.2, -0.15) is 0 Å². The second-order valence-electron chi connectivity index (χ2n) is 11.5. The molecule has 202 valence electrons. The Kier molecular flexibility index (Phi) is 7.33. The number of anilines is 2. The standard InChI is InChI=1S/C32H44N6/c1-4-24-8-10-27-30(19-24)35-29(20-31(27)38-14-12-25(5-2)22-38)26-9-11-32(34-21-26)37-17-15-36(16-18-37)23(3)28-7-6-13-33-28/h8-11,19-21,25,28-29,33,35H,3-7,12-18,22H2,1-2H3.